The molecule has 31 heavy (non-hydrogen) atoms. The highest BCUT2D eigenvalue weighted by Gasteiger charge is 2.26. The number of fused-ring (bicyclic) bond motifs is 3. The molecular formula is C25H22N2O4. The van der Waals surface area contributed by atoms with E-state index in [1.807, 2.05) is 60.9 Å². The summed E-state index contributed by atoms with van der Waals surface area (Å²) < 4.78 is 2.01. The van der Waals surface area contributed by atoms with Crippen LogP contribution >= 0.6 is 0 Å². The topological polar surface area (TPSA) is 102 Å². The maximum Gasteiger partial charge on any atom is 0.377 e. The molecule has 0 aliphatic carbocycles. The number of amides is 1. The molecule has 0 saturated carbocycles. The van der Waals surface area contributed by atoms with Gasteiger partial charge in [-0.25, -0.2) is 4.79 Å². The summed E-state index contributed by atoms with van der Waals surface area (Å²) in [6.07, 6.45) is 0. The van der Waals surface area contributed by atoms with Gasteiger partial charge in [0.2, 0.25) is 5.91 Å². The molecule has 0 atom stereocenters. The lowest BCUT2D eigenvalue weighted by Gasteiger charge is -2.12. The summed E-state index contributed by atoms with van der Waals surface area (Å²) in [6, 6.07) is 18.6. The Labute approximate surface area is 178 Å². The fraction of sp³-hybridized carbons (Fsp3) is 0.160. The van der Waals surface area contributed by atoms with E-state index < -0.39 is 17.7 Å². The van der Waals surface area contributed by atoms with Gasteiger partial charge in [-0.2, -0.15) is 0 Å². The van der Waals surface area contributed by atoms with Crippen LogP contribution in [0.3, 0.4) is 0 Å². The van der Waals surface area contributed by atoms with E-state index in [1.165, 1.54) is 0 Å². The van der Waals surface area contributed by atoms with Gasteiger partial charge in [-0.1, -0.05) is 50.2 Å². The van der Waals surface area contributed by atoms with Crippen molar-refractivity contribution in [2.75, 3.05) is 0 Å². The Balaban J connectivity index is 2.20. The van der Waals surface area contributed by atoms with Crippen LogP contribution in [-0.2, 0) is 11.3 Å². The van der Waals surface area contributed by atoms with E-state index in [0.717, 1.165) is 16.6 Å². The molecule has 0 saturated heterocycles. The summed E-state index contributed by atoms with van der Waals surface area (Å²) >= 11 is 0. The molecule has 1 amide bonds. The summed E-state index contributed by atoms with van der Waals surface area (Å²) in [4.78, 5) is 36.6. The number of ketones is 1. The largest absolute Gasteiger partial charge is 0.475 e. The summed E-state index contributed by atoms with van der Waals surface area (Å²) in [5.41, 5.74) is 9.26. The molecule has 4 aromatic rings. The average Bonchev–Trinajstić information content (AvgIpc) is 3.06. The highest BCUT2D eigenvalue weighted by atomic mass is 16.4. The number of nitrogens with two attached hydrogens (primary N) is 1. The zero-order valence-electron chi connectivity index (χ0n) is 17.3. The standard InChI is InChI=1S/C25H22N2O4/c1-14(2)16-11-18(23(28)25(30)31)22-20(12-16)27(13-15-7-4-3-5-8-15)19-10-6-9-17(21(19)22)24(26)29/h3-12,14H,13H2,1-2H3,(H2,26,29)(H,30,31). The highest BCUT2D eigenvalue weighted by molar-refractivity contribution is 6.43. The molecule has 0 unspecified atom stereocenters. The quantitative estimate of drug-likeness (QED) is 0.362. The van der Waals surface area contributed by atoms with Crippen LogP contribution in [0.4, 0.5) is 0 Å². The number of rotatable bonds is 6. The van der Waals surface area contributed by atoms with E-state index in [2.05, 4.69) is 0 Å². The van der Waals surface area contributed by atoms with Gasteiger partial charge in [0.1, 0.15) is 0 Å². The molecular weight excluding hydrogens is 392 g/mol. The molecule has 0 bridgehead atoms. The molecule has 0 aliphatic rings. The number of Topliss-reactive ketones (excluding diaryl/α,β-unsaturated/α-hetero) is 1. The lowest BCUT2D eigenvalue weighted by molar-refractivity contribution is -0.131. The molecule has 0 aliphatic heterocycles. The van der Waals surface area contributed by atoms with Crippen LogP contribution in [-0.4, -0.2) is 27.3 Å². The molecule has 0 spiro atoms. The Hall–Kier alpha value is -3.93. The zero-order valence-corrected chi connectivity index (χ0v) is 17.3. The van der Waals surface area contributed by atoms with Crippen LogP contribution in [0.5, 0.6) is 0 Å². The molecule has 3 N–H and O–H groups in total. The molecule has 156 valence electrons. The average molecular weight is 414 g/mol. The van der Waals surface area contributed by atoms with Crippen LogP contribution in [0.15, 0.2) is 60.7 Å². The van der Waals surface area contributed by atoms with Crippen molar-refractivity contribution in [2.24, 2.45) is 5.73 Å². The van der Waals surface area contributed by atoms with Crippen molar-refractivity contribution < 1.29 is 19.5 Å². The number of carbonyl (C=O) groups excluding carboxylic acids is 2. The second-order valence-electron chi connectivity index (χ2n) is 7.89. The van der Waals surface area contributed by atoms with Crippen LogP contribution in [0.2, 0.25) is 0 Å². The Bertz CT molecular complexity index is 1350. The van der Waals surface area contributed by atoms with Crippen molar-refractivity contribution in [3.05, 3.63) is 82.9 Å². The molecule has 1 aromatic heterocycles. The van der Waals surface area contributed by atoms with Crippen LogP contribution in [0, 0.1) is 0 Å². The Morgan fingerprint density at radius 2 is 1.58 bits per heavy atom. The fourth-order valence-corrected chi connectivity index (χ4v) is 4.05. The number of hydrogen-bond donors (Lipinski definition) is 2. The highest BCUT2D eigenvalue weighted by Crippen LogP contribution is 2.37. The minimum Gasteiger partial charge on any atom is -0.475 e. The van der Waals surface area contributed by atoms with E-state index in [0.29, 0.717) is 22.8 Å². The first-order chi connectivity index (χ1) is 14.8. The third-order valence-electron chi connectivity index (χ3n) is 5.57. The molecule has 0 radical (unpaired) electrons. The van der Waals surface area contributed by atoms with Gasteiger partial charge < -0.3 is 15.4 Å². The lowest BCUT2D eigenvalue weighted by Crippen LogP contribution is -2.14. The maximum atomic E-state index is 12.7. The van der Waals surface area contributed by atoms with Gasteiger partial charge >= 0.3 is 5.97 Å². The van der Waals surface area contributed by atoms with E-state index in [9.17, 15) is 19.5 Å². The maximum absolute atomic E-state index is 12.7. The third kappa shape index (κ3) is 3.46. The fourth-order valence-electron chi connectivity index (χ4n) is 4.05. The first kappa shape index (κ1) is 20.3. The number of benzene rings is 3. The van der Waals surface area contributed by atoms with E-state index >= 15 is 0 Å². The minimum absolute atomic E-state index is 0.0687. The molecule has 3 aromatic carbocycles. The first-order valence-corrected chi connectivity index (χ1v) is 9.99. The first-order valence-electron chi connectivity index (χ1n) is 9.99. The predicted octanol–water partition coefficient (Wildman–Crippen LogP) is 4.33. The normalized spacial score (nSPS) is 11.3. The molecule has 6 heteroatoms. The monoisotopic (exact) mass is 414 g/mol. The lowest BCUT2D eigenvalue weighted by atomic mass is 9.94. The van der Waals surface area contributed by atoms with Crippen LogP contribution < -0.4 is 5.73 Å². The van der Waals surface area contributed by atoms with Crippen LogP contribution in [0.25, 0.3) is 21.8 Å². The van der Waals surface area contributed by atoms with Gasteiger partial charge in [0.05, 0.1) is 11.0 Å². The Kier molecular flexibility index (Phi) is 5.07. The SMILES string of the molecule is CC(C)c1cc(C(=O)C(=O)O)c2c3c(C(N)=O)cccc3n(Cc3ccccc3)c2c1. The summed E-state index contributed by atoms with van der Waals surface area (Å²) in [5, 5.41) is 10.4. The summed E-state index contributed by atoms with van der Waals surface area (Å²) in [7, 11) is 0. The number of carboxylic acids is 1. The smallest absolute Gasteiger partial charge is 0.377 e. The molecule has 6 nitrogen and oxygen atoms in total. The number of aromatic nitrogens is 1. The Morgan fingerprint density at radius 1 is 0.903 bits per heavy atom. The Morgan fingerprint density at radius 3 is 2.19 bits per heavy atom. The van der Waals surface area contributed by atoms with Crippen molar-refractivity contribution in [2.45, 2.75) is 26.3 Å². The number of carboxylic acid groups (broad SMARTS) is 1. The van der Waals surface area contributed by atoms with Gasteiger partial charge in [0.15, 0.2) is 0 Å². The third-order valence-corrected chi connectivity index (χ3v) is 5.57. The van der Waals surface area contributed by atoms with Gasteiger partial charge in [-0.05, 0) is 41.3 Å². The number of hydrogen-bond acceptors (Lipinski definition) is 3. The van der Waals surface area contributed by atoms with E-state index in [-0.39, 0.29) is 17.0 Å². The van der Waals surface area contributed by atoms with Crippen molar-refractivity contribution in [3.63, 3.8) is 0 Å². The number of primary amides is 1. The predicted molar refractivity (Wildman–Crippen MR) is 120 cm³/mol. The zero-order chi connectivity index (χ0) is 22.3. The van der Waals surface area contributed by atoms with Gasteiger partial charge in [-0.3, -0.25) is 9.59 Å². The number of nitrogens with zero attached hydrogens (tertiary/aromatic N) is 1. The summed E-state index contributed by atoms with van der Waals surface area (Å²) in [6.45, 7) is 4.45. The minimum atomic E-state index is -1.54. The molecule has 4 rings (SSSR count). The van der Waals surface area contributed by atoms with Crippen molar-refractivity contribution in [3.8, 4) is 0 Å². The second kappa shape index (κ2) is 7.72. The van der Waals surface area contributed by atoms with Crippen molar-refractivity contribution >= 4 is 39.5 Å². The van der Waals surface area contributed by atoms with Crippen LogP contribution in [0.1, 0.15) is 51.6 Å². The van der Waals surface area contributed by atoms with Gasteiger partial charge in [0.25, 0.3) is 5.78 Å². The van der Waals surface area contributed by atoms with Crippen molar-refractivity contribution in [1.29, 1.82) is 0 Å². The van der Waals surface area contributed by atoms with Gasteiger partial charge in [-0.15, -0.1) is 0 Å². The van der Waals surface area contributed by atoms with E-state index in [1.54, 1.807) is 18.2 Å². The number of carbonyl (C=O) groups is 3. The van der Waals surface area contributed by atoms with Gasteiger partial charge in [0, 0.05) is 28.4 Å². The summed E-state index contributed by atoms with van der Waals surface area (Å²) in [5.74, 6) is -3.11. The number of aliphatic carboxylic acids is 1. The molecule has 0 fully saturated rings. The van der Waals surface area contributed by atoms with E-state index in [4.69, 9.17) is 5.73 Å². The molecule has 1 heterocycles. The van der Waals surface area contributed by atoms with Crippen molar-refractivity contribution in [1.82, 2.24) is 4.57 Å². The second-order valence-corrected chi connectivity index (χ2v) is 7.89.